The van der Waals surface area contributed by atoms with E-state index in [9.17, 15) is 19.7 Å². The van der Waals surface area contributed by atoms with Crippen LogP contribution in [0.25, 0.3) is 0 Å². The van der Waals surface area contributed by atoms with Crippen molar-refractivity contribution in [2.45, 2.75) is 32.2 Å². The molecular weight excluding hydrogens is 318 g/mol. The summed E-state index contributed by atoms with van der Waals surface area (Å²) >= 11 is 0. The zero-order valence-corrected chi connectivity index (χ0v) is 14.3. The molecule has 0 bridgehead atoms. The number of hydrogen-bond acceptors (Lipinski definition) is 4. The molecule has 2 atom stereocenters. The van der Waals surface area contributed by atoms with E-state index in [-0.39, 0.29) is 22.9 Å². The average Bonchev–Trinajstić information content (AvgIpc) is 2.58. The van der Waals surface area contributed by atoms with Gasteiger partial charge < -0.3 is 0 Å². The van der Waals surface area contributed by atoms with Gasteiger partial charge in [-0.3, -0.25) is 19.7 Å². The Morgan fingerprint density at radius 2 is 1.40 bits per heavy atom. The number of rotatable bonds is 8. The predicted octanol–water partition coefficient (Wildman–Crippen LogP) is 3.45. The standard InChI is InChI=1S/C20H21NO4/c1-14(22)19(15(2)23)20(17-11-7-4-8-12-17)18(21(24)25)13-16-9-5-3-6-10-16/h3-12,18-20H,13H2,1-2H3/t18-,20-/m0/s1. The molecule has 0 heterocycles. The Hall–Kier alpha value is -2.82. The number of benzene rings is 2. The summed E-state index contributed by atoms with van der Waals surface area (Å²) in [5.41, 5.74) is 1.44. The Balaban J connectivity index is 2.52. The van der Waals surface area contributed by atoms with Crippen molar-refractivity contribution in [2.75, 3.05) is 0 Å². The SMILES string of the molecule is CC(=O)C(C(C)=O)[C@@H](c1ccccc1)[C@H](Cc1ccccc1)[N+](=O)[O-]. The number of carbonyl (C=O) groups is 2. The zero-order chi connectivity index (χ0) is 18.4. The van der Waals surface area contributed by atoms with Gasteiger partial charge in [0.2, 0.25) is 6.04 Å². The van der Waals surface area contributed by atoms with Crippen LogP contribution < -0.4 is 0 Å². The number of Topliss-reactive ketones (excluding diaryl/α,β-unsaturated/α-hetero) is 2. The quantitative estimate of drug-likeness (QED) is 0.419. The molecule has 0 radical (unpaired) electrons. The number of nitro groups is 1. The fraction of sp³-hybridized carbons (Fsp3) is 0.300. The van der Waals surface area contributed by atoms with Crippen molar-refractivity contribution in [3.63, 3.8) is 0 Å². The number of carbonyl (C=O) groups excluding carboxylic acids is 2. The van der Waals surface area contributed by atoms with E-state index < -0.39 is 17.9 Å². The van der Waals surface area contributed by atoms with Crippen LogP contribution in [0.3, 0.4) is 0 Å². The van der Waals surface area contributed by atoms with Crippen molar-refractivity contribution < 1.29 is 14.5 Å². The second-order valence-electron chi connectivity index (χ2n) is 6.18. The Morgan fingerprint density at radius 3 is 1.84 bits per heavy atom. The molecule has 0 aliphatic heterocycles. The summed E-state index contributed by atoms with van der Waals surface area (Å²) < 4.78 is 0. The lowest BCUT2D eigenvalue weighted by Crippen LogP contribution is -2.39. The van der Waals surface area contributed by atoms with Gasteiger partial charge >= 0.3 is 0 Å². The van der Waals surface area contributed by atoms with Crippen molar-refractivity contribution in [1.29, 1.82) is 0 Å². The summed E-state index contributed by atoms with van der Waals surface area (Å²) in [6.45, 7) is 2.64. The highest BCUT2D eigenvalue weighted by Gasteiger charge is 2.42. The van der Waals surface area contributed by atoms with Crippen LogP contribution in [0.15, 0.2) is 60.7 Å². The average molecular weight is 339 g/mol. The van der Waals surface area contributed by atoms with Gasteiger partial charge in [-0.2, -0.15) is 0 Å². The van der Waals surface area contributed by atoms with Crippen molar-refractivity contribution in [2.24, 2.45) is 5.92 Å². The molecule has 0 aliphatic rings. The van der Waals surface area contributed by atoms with Crippen molar-refractivity contribution in [3.8, 4) is 0 Å². The molecule has 2 rings (SSSR count). The Labute approximate surface area is 146 Å². The first kappa shape index (κ1) is 18.5. The lowest BCUT2D eigenvalue weighted by molar-refractivity contribution is -0.527. The third kappa shape index (κ3) is 4.59. The Morgan fingerprint density at radius 1 is 0.920 bits per heavy atom. The molecule has 5 heteroatoms. The van der Waals surface area contributed by atoms with Crippen LogP contribution in [0.1, 0.15) is 30.9 Å². The Bertz CT molecular complexity index is 729. The highest BCUT2D eigenvalue weighted by Crippen LogP contribution is 2.33. The van der Waals surface area contributed by atoms with Gasteiger partial charge in [-0.15, -0.1) is 0 Å². The fourth-order valence-corrected chi connectivity index (χ4v) is 3.29. The third-order valence-corrected chi connectivity index (χ3v) is 4.39. The maximum atomic E-state index is 12.1. The number of nitrogens with zero attached hydrogens (tertiary/aromatic N) is 1. The first-order valence-electron chi connectivity index (χ1n) is 8.15. The highest BCUT2D eigenvalue weighted by molar-refractivity contribution is 6.01. The van der Waals surface area contributed by atoms with Crippen LogP contribution >= 0.6 is 0 Å². The van der Waals surface area contributed by atoms with E-state index in [1.165, 1.54) is 13.8 Å². The molecule has 0 amide bonds. The minimum absolute atomic E-state index is 0.157. The maximum Gasteiger partial charge on any atom is 0.225 e. The summed E-state index contributed by atoms with van der Waals surface area (Å²) in [6.07, 6.45) is 0.157. The summed E-state index contributed by atoms with van der Waals surface area (Å²) in [5.74, 6) is -2.52. The van der Waals surface area contributed by atoms with E-state index in [4.69, 9.17) is 0 Å². The van der Waals surface area contributed by atoms with Crippen molar-refractivity contribution in [1.82, 2.24) is 0 Å². The summed E-state index contributed by atoms with van der Waals surface area (Å²) in [7, 11) is 0. The predicted molar refractivity (Wildman–Crippen MR) is 95.0 cm³/mol. The Kier molecular flexibility index (Phi) is 6.17. The van der Waals surface area contributed by atoms with Gasteiger partial charge in [0.1, 0.15) is 11.6 Å². The van der Waals surface area contributed by atoms with E-state index in [0.29, 0.717) is 5.56 Å². The molecular formula is C20H21NO4. The third-order valence-electron chi connectivity index (χ3n) is 4.39. The zero-order valence-electron chi connectivity index (χ0n) is 14.3. The van der Waals surface area contributed by atoms with Crippen LogP contribution in [-0.2, 0) is 16.0 Å². The van der Waals surface area contributed by atoms with Crippen LogP contribution in [0.5, 0.6) is 0 Å². The fourth-order valence-electron chi connectivity index (χ4n) is 3.29. The molecule has 130 valence electrons. The first-order valence-corrected chi connectivity index (χ1v) is 8.15. The van der Waals surface area contributed by atoms with Gasteiger partial charge in [-0.25, -0.2) is 0 Å². The first-order chi connectivity index (χ1) is 11.9. The molecule has 2 aromatic carbocycles. The second-order valence-corrected chi connectivity index (χ2v) is 6.18. The van der Waals surface area contributed by atoms with Gasteiger partial charge in [-0.1, -0.05) is 60.7 Å². The number of ketones is 2. The summed E-state index contributed by atoms with van der Waals surface area (Å²) in [5, 5.41) is 11.9. The lowest BCUT2D eigenvalue weighted by Gasteiger charge is -2.26. The van der Waals surface area contributed by atoms with Crippen molar-refractivity contribution >= 4 is 11.6 Å². The van der Waals surface area contributed by atoms with Gasteiger partial charge in [0.25, 0.3) is 0 Å². The molecule has 0 saturated carbocycles. The van der Waals surface area contributed by atoms with Gasteiger partial charge in [-0.05, 0) is 25.0 Å². The summed E-state index contributed by atoms with van der Waals surface area (Å²) in [4.78, 5) is 35.8. The van der Waals surface area contributed by atoms with Crippen LogP contribution in [0.2, 0.25) is 0 Å². The van der Waals surface area contributed by atoms with Gasteiger partial charge in [0, 0.05) is 11.3 Å². The van der Waals surface area contributed by atoms with Crippen LogP contribution in [0, 0.1) is 16.0 Å². The molecule has 0 N–H and O–H groups in total. The normalized spacial score (nSPS) is 13.2. The molecule has 0 saturated heterocycles. The van der Waals surface area contributed by atoms with E-state index in [1.54, 1.807) is 30.3 Å². The topological polar surface area (TPSA) is 77.3 Å². The highest BCUT2D eigenvalue weighted by atomic mass is 16.6. The minimum Gasteiger partial charge on any atom is -0.299 e. The number of hydrogen-bond donors (Lipinski definition) is 0. The smallest absolute Gasteiger partial charge is 0.225 e. The van der Waals surface area contributed by atoms with Gasteiger partial charge in [0.15, 0.2) is 0 Å². The molecule has 25 heavy (non-hydrogen) atoms. The van der Waals surface area contributed by atoms with Crippen LogP contribution in [0.4, 0.5) is 0 Å². The summed E-state index contributed by atoms with van der Waals surface area (Å²) in [6, 6.07) is 16.8. The van der Waals surface area contributed by atoms with Gasteiger partial charge in [0.05, 0.1) is 11.8 Å². The molecule has 2 aromatic rings. The molecule has 0 fully saturated rings. The molecule has 0 aromatic heterocycles. The van der Waals surface area contributed by atoms with E-state index in [2.05, 4.69) is 0 Å². The van der Waals surface area contributed by atoms with E-state index in [1.807, 2.05) is 30.3 Å². The largest absolute Gasteiger partial charge is 0.299 e. The van der Waals surface area contributed by atoms with E-state index >= 15 is 0 Å². The monoisotopic (exact) mass is 339 g/mol. The molecule has 0 unspecified atom stereocenters. The molecule has 0 aliphatic carbocycles. The lowest BCUT2D eigenvalue weighted by atomic mass is 9.75. The molecule has 5 nitrogen and oxygen atoms in total. The molecule has 0 spiro atoms. The van der Waals surface area contributed by atoms with E-state index in [0.717, 1.165) is 5.56 Å². The minimum atomic E-state index is -1.07. The maximum absolute atomic E-state index is 12.1. The van der Waals surface area contributed by atoms with Crippen molar-refractivity contribution in [3.05, 3.63) is 81.9 Å². The second kappa shape index (κ2) is 8.33. The van der Waals surface area contributed by atoms with Crippen LogP contribution in [-0.4, -0.2) is 22.5 Å².